The standard InChI is InChI=1S/C26H32N2O5/c1-2-15-31-22-12-7-19(8-13-22)26(30)33-23-10-3-18(4-11-23)5-14-25(29)32-17-20-6-9-21(27)16-24(20)28/h3-6,9-11,14,16,19,22H,2,7-8,12-13,15,17,27-28H2,1H3. The van der Waals surface area contributed by atoms with Gasteiger partial charge in [-0.1, -0.05) is 25.1 Å². The summed E-state index contributed by atoms with van der Waals surface area (Å²) in [5, 5.41) is 0. The van der Waals surface area contributed by atoms with Gasteiger partial charge in [-0.3, -0.25) is 4.79 Å². The fourth-order valence-electron chi connectivity index (χ4n) is 3.70. The smallest absolute Gasteiger partial charge is 0.331 e. The molecule has 176 valence electrons. The van der Waals surface area contributed by atoms with Crippen molar-refractivity contribution < 1.29 is 23.8 Å². The molecule has 0 saturated heterocycles. The maximum atomic E-state index is 12.5. The van der Waals surface area contributed by atoms with E-state index in [1.807, 2.05) is 0 Å². The average molecular weight is 453 g/mol. The van der Waals surface area contributed by atoms with Crippen LogP contribution in [-0.2, 0) is 25.7 Å². The summed E-state index contributed by atoms with van der Waals surface area (Å²) in [6.07, 6.45) is 7.61. The lowest BCUT2D eigenvalue weighted by molar-refractivity contribution is -0.141. The van der Waals surface area contributed by atoms with E-state index in [2.05, 4.69) is 6.92 Å². The minimum absolute atomic E-state index is 0.0663. The largest absolute Gasteiger partial charge is 0.458 e. The zero-order chi connectivity index (χ0) is 23.6. The van der Waals surface area contributed by atoms with Gasteiger partial charge in [-0.05, 0) is 68.0 Å². The zero-order valence-electron chi connectivity index (χ0n) is 19.0. The molecule has 0 radical (unpaired) electrons. The van der Waals surface area contributed by atoms with Gasteiger partial charge in [0, 0.05) is 29.6 Å². The first kappa shape index (κ1) is 24.3. The quantitative estimate of drug-likeness (QED) is 0.249. The van der Waals surface area contributed by atoms with Crippen molar-refractivity contribution in [2.24, 2.45) is 5.92 Å². The summed E-state index contributed by atoms with van der Waals surface area (Å²) in [5.74, 6) is -0.281. The van der Waals surface area contributed by atoms with Crippen LogP contribution in [0, 0.1) is 5.92 Å². The molecule has 1 saturated carbocycles. The Labute approximate surface area is 194 Å². The highest BCUT2D eigenvalue weighted by Crippen LogP contribution is 2.28. The number of ether oxygens (including phenoxy) is 3. The minimum atomic E-state index is -0.486. The third-order valence-electron chi connectivity index (χ3n) is 5.62. The van der Waals surface area contributed by atoms with Crippen LogP contribution in [0.4, 0.5) is 11.4 Å². The zero-order valence-corrected chi connectivity index (χ0v) is 19.0. The van der Waals surface area contributed by atoms with E-state index >= 15 is 0 Å². The Morgan fingerprint density at radius 1 is 1.03 bits per heavy atom. The van der Waals surface area contributed by atoms with Crippen LogP contribution in [0.15, 0.2) is 48.5 Å². The van der Waals surface area contributed by atoms with Gasteiger partial charge in [0.15, 0.2) is 0 Å². The molecule has 7 heteroatoms. The maximum absolute atomic E-state index is 12.5. The van der Waals surface area contributed by atoms with Crippen molar-refractivity contribution in [1.82, 2.24) is 0 Å². The van der Waals surface area contributed by atoms with E-state index in [1.165, 1.54) is 6.08 Å². The van der Waals surface area contributed by atoms with Gasteiger partial charge in [0.05, 0.1) is 12.0 Å². The molecule has 33 heavy (non-hydrogen) atoms. The van der Waals surface area contributed by atoms with Crippen molar-refractivity contribution in [3.63, 3.8) is 0 Å². The number of nitrogen functional groups attached to an aromatic ring is 2. The van der Waals surface area contributed by atoms with Crippen LogP contribution in [0.5, 0.6) is 5.75 Å². The third kappa shape index (κ3) is 7.64. The Balaban J connectivity index is 1.43. The second-order valence-corrected chi connectivity index (χ2v) is 8.23. The lowest BCUT2D eigenvalue weighted by Gasteiger charge is -2.27. The highest BCUT2D eigenvalue weighted by molar-refractivity contribution is 5.87. The molecule has 0 bridgehead atoms. The lowest BCUT2D eigenvalue weighted by Crippen LogP contribution is -2.29. The van der Waals surface area contributed by atoms with Crippen LogP contribution >= 0.6 is 0 Å². The molecule has 0 amide bonds. The summed E-state index contributed by atoms with van der Waals surface area (Å²) in [7, 11) is 0. The summed E-state index contributed by atoms with van der Waals surface area (Å²) in [5.41, 5.74) is 14.0. The van der Waals surface area contributed by atoms with Crippen LogP contribution in [-0.4, -0.2) is 24.6 Å². The third-order valence-corrected chi connectivity index (χ3v) is 5.62. The van der Waals surface area contributed by atoms with Gasteiger partial charge in [0.2, 0.25) is 0 Å². The average Bonchev–Trinajstić information content (AvgIpc) is 2.82. The highest BCUT2D eigenvalue weighted by Gasteiger charge is 2.28. The predicted molar refractivity (Wildman–Crippen MR) is 128 cm³/mol. The van der Waals surface area contributed by atoms with Gasteiger partial charge >= 0.3 is 11.9 Å². The van der Waals surface area contributed by atoms with Crippen LogP contribution in [0.2, 0.25) is 0 Å². The van der Waals surface area contributed by atoms with Crippen LogP contribution in [0.1, 0.15) is 50.2 Å². The molecule has 0 heterocycles. The van der Waals surface area contributed by atoms with E-state index in [0.29, 0.717) is 22.7 Å². The number of carbonyl (C=O) groups excluding carboxylic acids is 2. The molecule has 0 aliphatic heterocycles. The molecule has 7 nitrogen and oxygen atoms in total. The van der Waals surface area contributed by atoms with Gasteiger partial charge in [0.25, 0.3) is 0 Å². The van der Waals surface area contributed by atoms with Gasteiger partial charge in [-0.2, -0.15) is 0 Å². The van der Waals surface area contributed by atoms with E-state index in [4.69, 9.17) is 25.7 Å². The van der Waals surface area contributed by atoms with Crippen LogP contribution in [0.3, 0.4) is 0 Å². The van der Waals surface area contributed by atoms with Gasteiger partial charge in [-0.15, -0.1) is 0 Å². The molecule has 3 rings (SSSR count). The normalized spacial score (nSPS) is 18.2. The molecule has 0 spiro atoms. The topological polar surface area (TPSA) is 114 Å². The lowest BCUT2D eigenvalue weighted by atomic mass is 9.87. The minimum Gasteiger partial charge on any atom is -0.458 e. The first-order valence-corrected chi connectivity index (χ1v) is 11.4. The maximum Gasteiger partial charge on any atom is 0.331 e. The Morgan fingerprint density at radius 3 is 2.42 bits per heavy atom. The number of hydrogen-bond acceptors (Lipinski definition) is 7. The van der Waals surface area contributed by atoms with E-state index in [1.54, 1.807) is 48.5 Å². The second kappa shape index (κ2) is 12.1. The first-order valence-electron chi connectivity index (χ1n) is 11.4. The van der Waals surface area contributed by atoms with Crippen molar-refractivity contribution in [3.05, 3.63) is 59.7 Å². The summed E-state index contributed by atoms with van der Waals surface area (Å²) < 4.78 is 16.5. The van der Waals surface area contributed by atoms with Crippen molar-refractivity contribution >= 4 is 29.4 Å². The van der Waals surface area contributed by atoms with Crippen molar-refractivity contribution in [2.45, 2.75) is 51.7 Å². The molecule has 0 atom stereocenters. The van der Waals surface area contributed by atoms with E-state index in [9.17, 15) is 9.59 Å². The second-order valence-electron chi connectivity index (χ2n) is 8.23. The Kier molecular flexibility index (Phi) is 8.89. The van der Waals surface area contributed by atoms with Gasteiger partial charge in [0.1, 0.15) is 12.4 Å². The van der Waals surface area contributed by atoms with E-state index in [0.717, 1.165) is 44.3 Å². The number of carbonyl (C=O) groups is 2. The van der Waals surface area contributed by atoms with Gasteiger partial charge < -0.3 is 25.7 Å². The number of anilines is 2. The molecule has 0 aromatic heterocycles. The highest BCUT2D eigenvalue weighted by atomic mass is 16.5. The van der Waals surface area contributed by atoms with Crippen molar-refractivity contribution in [1.29, 1.82) is 0 Å². The fourth-order valence-corrected chi connectivity index (χ4v) is 3.70. The van der Waals surface area contributed by atoms with E-state index < -0.39 is 5.97 Å². The molecule has 1 aliphatic rings. The van der Waals surface area contributed by atoms with Crippen LogP contribution in [0.25, 0.3) is 6.08 Å². The summed E-state index contributed by atoms with van der Waals surface area (Å²) in [4.78, 5) is 24.4. The molecular weight excluding hydrogens is 420 g/mol. The van der Waals surface area contributed by atoms with Gasteiger partial charge in [-0.25, -0.2) is 4.79 Å². The Bertz CT molecular complexity index is 963. The predicted octanol–water partition coefficient (Wildman–Crippen LogP) is 4.50. The SMILES string of the molecule is CCCOC1CCC(C(=O)Oc2ccc(C=CC(=O)OCc3ccc(N)cc3N)cc2)CC1. The number of esters is 2. The molecular formula is C26H32N2O5. The monoisotopic (exact) mass is 452 g/mol. The molecule has 1 aliphatic carbocycles. The molecule has 0 unspecified atom stereocenters. The summed E-state index contributed by atoms with van der Waals surface area (Å²) >= 11 is 0. The fraction of sp³-hybridized carbons (Fsp3) is 0.385. The Morgan fingerprint density at radius 2 is 1.76 bits per heavy atom. The van der Waals surface area contributed by atoms with Crippen LogP contribution < -0.4 is 16.2 Å². The summed E-state index contributed by atoms with van der Waals surface area (Å²) in [6.45, 7) is 2.93. The van der Waals surface area contributed by atoms with E-state index in [-0.39, 0.29) is 24.6 Å². The Hall–Kier alpha value is -3.32. The van der Waals surface area contributed by atoms with Crippen molar-refractivity contribution in [3.8, 4) is 5.75 Å². The molecule has 2 aromatic rings. The molecule has 2 aromatic carbocycles. The number of rotatable bonds is 9. The number of hydrogen-bond donors (Lipinski definition) is 2. The molecule has 1 fully saturated rings. The van der Waals surface area contributed by atoms with Crippen molar-refractivity contribution in [2.75, 3.05) is 18.1 Å². The summed E-state index contributed by atoms with van der Waals surface area (Å²) in [6, 6.07) is 12.0. The number of benzene rings is 2. The number of nitrogens with two attached hydrogens (primary N) is 2. The first-order chi connectivity index (χ1) is 15.9. The molecule has 4 N–H and O–H groups in total.